The van der Waals surface area contributed by atoms with Crippen molar-refractivity contribution < 1.29 is 9.47 Å². The average molecular weight is 358 g/mol. The van der Waals surface area contributed by atoms with Crippen LogP contribution in [0.3, 0.4) is 0 Å². The highest BCUT2D eigenvalue weighted by atomic mass is 16.5. The molecular formula is C20H30N4O2. The van der Waals surface area contributed by atoms with E-state index in [0.29, 0.717) is 13.2 Å². The SMILES string of the molecule is CCNC(=NCc1ccc(OCC)c(OC)c1)N(C)Cc1cccn1C. The van der Waals surface area contributed by atoms with E-state index in [1.165, 1.54) is 5.69 Å². The number of methoxy groups -OCH3 is 1. The van der Waals surface area contributed by atoms with E-state index in [4.69, 9.17) is 14.5 Å². The lowest BCUT2D eigenvalue weighted by atomic mass is 10.2. The molecule has 0 radical (unpaired) electrons. The number of aryl methyl sites for hydroxylation is 1. The van der Waals surface area contributed by atoms with Gasteiger partial charge in [-0.3, -0.25) is 0 Å². The number of hydrogen-bond acceptors (Lipinski definition) is 3. The van der Waals surface area contributed by atoms with E-state index in [2.05, 4.69) is 47.1 Å². The maximum absolute atomic E-state index is 5.57. The minimum atomic E-state index is 0.572. The number of guanidine groups is 1. The fraction of sp³-hybridized carbons (Fsp3) is 0.450. The predicted molar refractivity (Wildman–Crippen MR) is 106 cm³/mol. The largest absolute Gasteiger partial charge is 0.493 e. The highest BCUT2D eigenvalue weighted by Crippen LogP contribution is 2.28. The summed E-state index contributed by atoms with van der Waals surface area (Å²) >= 11 is 0. The van der Waals surface area contributed by atoms with Gasteiger partial charge in [0.25, 0.3) is 0 Å². The molecule has 1 aromatic carbocycles. The number of hydrogen-bond donors (Lipinski definition) is 1. The summed E-state index contributed by atoms with van der Waals surface area (Å²) < 4.78 is 13.1. The first-order chi connectivity index (χ1) is 12.6. The first-order valence-electron chi connectivity index (χ1n) is 8.98. The standard InChI is InChI=1S/C20H30N4O2/c1-6-21-20(24(4)15-17-9-8-12-23(17)3)22-14-16-10-11-18(26-7-2)19(13-16)25-5/h8-13H,6-7,14-15H2,1-5H3,(H,21,22). The van der Waals surface area contributed by atoms with E-state index in [-0.39, 0.29) is 0 Å². The Bertz CT molecular complexity index is 724. The van der Waals surface area contributed by atoms with Crippen LogP contribution >= 0.6 is 0 Å². The molecule has 1 aromatic heterocycles. The van der Waals surface area contributed by atoms with E-state index < -0.39 is 0 Å². The van der Waals surface area contributed by atoms with Crippen LogP contribution in [0.2, 0.25) is 0 Å². The van der Waals surface area contributed by atoms with Crippen molar-refractivity contribution in [2.45, 2.75) is 26.9 Å². The van der Waals surface area contributed by atoms with Gasteiger partial charge in [0.15, 0.2) is 17.5 Å². The van der Waals surface area contributed by atoms with E-state index in [1.807, 2.05) is 32.2 Å². The molecule has 0 atom stereocenters. The highest BCUT2D eigenvalue weighted by Gasteiger charge is 2.09. The third-order valence-corrected chi connectivity index (χ3v) is 4.09. The van der Waals surface area contributed by atoms with Crippen molar-refractivity contribution in [3.05, 3.63) is 47.8 Å². The molecule has 1 heterocycles. The van der Waals surface area contributed by atoms with Crippen LogP contribution in [0.5, 0.6) is 11.5 Å². The van der Waals surface area contributed by atoms with Crippen molar-refractivity contribution in [1.29, 1.82) is 0 Å². The van der Waals surface area contributed by atoms with Crippen LogP contribution in [-0.4, -0.2) is 42.7 Å². The number of aromatic nitrogens is 1. The minimum absolute atomic E-state index is 0.572. The third kappa shape index (κ3) is 5.18. The van der Waals surface area contributed by atoms with Crippen LogP contribution in [0.1, 0.15) is 25.1 Å². The van der Waals surface area contributed by atoms with Crippen molar-refractivity contribution in [1.82, 2.24) is 14.8 Å². The molecule has 0 aliphatic heterocycles. The summed E-state index contributed by atoms with van der Waals surface area (Å²) in [7, 11) is 5.76. The lowest BCUT2D eigenvalue weighted by Gasteiger charge is -2.22. The topological polar surface area (TPSA) is 51.0 Å². The van der Waals surface area contributed by atoms with Gasteiger partial charge in [-0.25, -0.2) is 4.99 Å². The van der Waals surface area contributed by atoms with Crippen LogP contribution in [0.15, 0.2) is 41.5 Å². The number of rotatable bonds is 8. The number of benzene rings is 1. The van der Waals surface area contributed by atoms with Gasteiger partial charge in [0, 0.05) is 32.5 Å². The first-order valence-corrected chi connectivity index (χ1v) is 8.98. The quantitative estimate of drug-likeness (QED) is 0.582. The molecule has 0 amide bonds. The summed E-state index contributed by atoms with van der Waals surface area (Å²) in [6.45, 7) is 6.84. The molecule has 0 saturated carbocycles. The van der Waals surface area contributed by atoms with Gasteiger partial charge in [0.2, 0.25) is 0 Å². The summed E-state index contributed by atoms with van der Waals surface area (Å²) in [5.41, 5.74) is 2.31. The molecule has 6 nitrogen and oxygen atoms in total. The van der Waals surface area contributed by atoms with Crippen molar-refractivity contribution in [3.63, 3.8) is 0 Å². The van der Waals surface area contributed by atoms with Gasteiger partial charge in [-0.1, -0.05) is 6.07 Å². The third-order valence-electron chi connectivity index (χ3n) is 4.09. The van der Waals surface area contributed by atoms with Crippen LogP contribution in [0, 0.1) is 0 Å². The molecule has 26 heavy (non-hydrogen) atoms. The Morgan fingerprint density at radius 3 is 2.65 bits per heavy atom. The van der Waals surface area contributed by atoms with Crippen molar-refractivity contribution >= 4 is 5.96 Å². The Morgan fingerprint density at radius 1 is 1.23 bits per heavy atom. The lowest BCUT2D eigenvalue weighted by Crippen LogP contribution is -2.38. The Hall–Kier alpha value is -2.63. The van der Waals surface area contributed by atoms with Gasteiger partial charge in [-0.15, -0.1) is 0 Å². The molecule has 142 valence electrons. The summed E-state index contributed by atoms with van der Waals surface area (Å²) in [4.78, 5) is 6.90. The van der Waals surface area contributed by atoms with E-state index in [0.717, 1.165) is 36.1 Å². The predicted octanol–water partition coefficient (Wildman–Crippen LogP) is 3.03. The monoisotopic (exact) mass is 358 g/mol. The molecule has 0 bridgehead atoms. The zero-order valence-corrected chi connectivity index (χ0v) is 16.5. The Balaban J connectivity index is 2.11. The maximum Gasteiger partial charge on any atom is 0.194 e. The molecule has 2 rings (SSSR count). The fourth-order valence-electron chi connectivity index (χ4n) is 2.70. The second-order valence-electron chi connectivity index (χ2n) is 6.05. The molecule has 2 aromatic rings. The second-order valence-corrected chi connectivity index (χ2v) is 6.05. The summed E-state index contributed by atoms with van der Waals surface area (Å²) in [5.74, 6) is 2.37. The maximum atomic E-state index is 5.57. The molecule has 0 spiro atoms. The summed E-state index contributed by atoms with van der Waals surface area (Å²) in [5, 5.41) is 3.36. The smallest absolute Gasteiger partial charge is 0.194 e. The average Bonchev–Trinajstić information content (AvgIpc) is 3.04. The highest BCUT2D eigenvalue weighted by molar-refractivity contribution is 5.79. The van der Waals surface area contributed by atoms with Gasteiger partial charge in [0.1, 0.15) is 0 Å². The summed E-state index contributed by atoms with van der Waals surface area (Å²) in [6.07, 6.45) is 2.06. The number of nitrogens with one attached hydrogen (secondary N) is 1. The zero-order chi connectivity index (χ0) is 18.9. The van der Waals surface area contributed by atoms with Gasteiger partial charge >= 0.3 is 0 Å². The van der Waals surface area contributed by atoms with Gasteiger partial charge in [-0.05, 0) is 43.7 Å². The van der Waals surface area contributed by atoms with Crippen LogP contribution in [-0.2, 0) is 20.1 Å². The molecular weight excluding hydrogens is 328 g/mol. The normalized spacial score (nSPS) is 11.3. The lowest BCUT2D eigenvalue weighted by molar-refractivity contribution is 0.310. The van der Waals surface area contributed by atoms with Crippen LogP contribution < -0.4 is 14.8 Å². The number of ether oxygens (including phenoxy) is 2. The Morgan fingerprint density at radius 2 is 2.04 bits per heavy atom. The molecule has 1 N–H and O–H groups in total. The minimum Gasteiger partial charge on any atom is -0.493 e. The van der Waals surface area contributed by atoms with E-state index in [1.54, 1.807) is 7.11 Å². The Labute approximate surface area is 156 Å². The molecule has 0 unspecified atom stereocenters. The van der Waals surface area contributed by atoms with Crippen molar-refractivity contribution in [2.24, 2.45) is 12.0 Å². The molecule has 0 fully saturated rings. The van der Waals surface area contributed by atoms with Gasteiger partial charge in [-0.2, -0.15) is 0 Å². The van der Waals surface area contributed by atoms with Gasteiger partial charge < -0.3 is 24.3 Å². The zero-order valence-electron chi connectivity index (χ0n) is 16.5. The van der Waals surface area contributed by atoms with E-state index >= 15 is 0 Å². The van der Waals surface area contributed by atoms with Crippen LogP contribution in [0.4, 0.5) is 0 Å². The molecule has 0 aliphatic rings. The Kier molecular flexibility index (Phi) is 7.38. The second kappa shape index (κ2) is 9.75. The van der Waals surface area contributed by atoms with Gasteiger partial charge in [0.05, 0.1) is 26.8 Å². The van der Waals surface area contributed by atoms with Crippen molar-refractivity contribution in [2.75, 3.05) is 27.3 Å². The fourth-order valence-corrected chi connectivity index (χ4v) is 2.70. The molecule has 0 aliphatic carbocycles. The summed E-state index contributed by atoms with van der Waals surface area (Å²) in [6, 6.07) is 10.1. The van der Waals surface area contributed by atoms with E-state index in [9.17, 15) is 0 Å². The van der Waals surface area contributed by atoms with Crippen molar-refractivity contribution in [3.8, 4) is 11.5 Å². The number of nitrogens with zero attached hydrogens (tertiary/aromatic N) is 3. The van der Waals surface area contributed by atoms with Crippen LogP contribution in [0.25, 0.3) is 0 Å². The number of aliphatic imine (C=N–C) groups is 1. The molecule has 6 heteroatoms. The first kappa shape index (κ1) is 19.7. The molecule has 0 saturated heterocycles.